The number of thioether (sulfide) groups is 1. The van der Waals surface area contributed by atoms with E-state index in [-0.39, 0.29) is 19.1 Å². The van der Waals surface area contributed by atoms with Crippen LogP contribution in [-0.2, 0) is 16.0 Å². The van der Waals surface area contributed by atoms with Gasteiger partial charge in [-0.2, -0.15) is 4.99 Å². The number of aliphatic imine (C=N–C) groups is 1. The number of hydrogen-bond acceptors (Lipinski definition) is 6. The Morgan fingerprint density at radius 1 is 1.19 bits per heavy atom. The van der Waals surface area contributed by atoms with Crippen LogP contribution in [0.4, 0.5) is 5.69 Å². The molecule has 4 rings (SSSR count). The van der Waals surface area contributed by atoms with Crippen molar-refractivity contribution in [2.45, 2.75) is 6.42 Å². The van der Waals surface area contributed by atoms with Crippen molar-refractivity contribution in [1.29, 1.82) is 0 Å². The molecule has 2 heterocycles. The second-order valence-electron chi connectivity index (χ2n) is 5.84. The minimum absolute atomic E-state index is 0.0309. The Bertz CT molecular complexity index is 982. The van der Waals surface area contributed by atoms with Gasteiger partial charge in [0.15, 0.2) is 16.7 Å². The minimum Gasteiger partial charge on any atom is -0.481 e. The number of rotatable bonds is 4. The number of carbonyl (C=O) groups excluding carboxylic acids is 1. The minimum atomic E-state index is -0.879. The van der Waals surface area contributed by atoms with Crippen molar-refractivity contribution in [3.8, 4) is 11.5 Å². The first kappa shape index (κ1) is 17.2. The van der Waals surface area contributed by atoms with Crippen molar-refractivity contribution in [1.82, 2.24) is 0 Å². The van der Waals surface area contributed by atoms with Crippen LogP contribution in [0.5, 0.6) is 11.5 Å². The van der Waals surface area contributed by atoms with Crippen LogP contribution in [0.3, 0.4) is 0 Å². The van der Waals surface area contributed by atoms with Crippen molar-refractivity contribution in [3.63, 3.8) is 0 Å². The topological polar surface area (TPSA) is 97.2 Å². The van der Waals surface area contributed by atoms with Gasteiger partial charge in [-0.1, -0.05) is 18.2 Å². The predicted octanol–water partition coefficient (Wildman–Crippen LogP) is 3.12. The molecule has 0 saturated heterocycles. The van der Waals surface area contributed by atoms with Crippen LogP contribution in [0.2, 0.25) is 0 Å². The number of nitrogens with one attached hydrogen (secondary N) is 1. The number of amidine groups is 1. The summed E-state index contributed by atoms with van der Waals surface area (Å²) in [6.07, 6.45) is 1.72. The molecule has 8 heteroatoms. The van der Waals surface area contributed by atoms with E-state index < -0.39 is 5.97 Å². The second-order valence-corrected chi connectivity index (χ2v) is 6.87. The zero-order chi connectivity index (χ0) is 18.8. The molecule has 0 saturated carbocycles. The number of carboxylic acids is 1. The van der Waals surface area contributed by atoms with Gasteiger partial charge in [-0.05, 0) is 53.2 Å². The lowest BCUT2D eigenvalue weighted by Gasteiger charge is -2.05. The number of fused-ring (bicyclic) bond motifs is 1. The van der Waals surface area contributed by atoms with Crippen LogP contribution in [0.15, 0.2) is 52.4 Å². The van der Waals surface area contributed by atoms with Gasteiger partial charge in [0.1, 0.15) is 0 Å². The SMILES string of the molecule is O=C(O)Cc1ccc(NC2=NC(=O)C(=Cc3ccc4c(c3)OCO4)S2)cc1. The number of ether oxygens (including phenoxy) is 2. The Balaban J connectivity index is 1.44. The number of aliphatic carboxylic acids is 1. The molecular formula is C19H14N2O5S. The maximum absolute atomic E-state index is 12.2. The standard InChI is InChI=1S/C19H14N2O5S/c22-17(23)9-11-1-4-13(5-2-11)20-19-21-18(24)16(27-19)8-12-3-6-14-15(7-12)26-10-25-14/h1-8H,9-10H2,(H,22,23)(H,20,21,24). The van der Waals surface area contributed by atoms with Crippen molar-refractivity contribution < 1.29 is 24.2 Å². The summed E-state index contributed by atoms with van der Waals surface area (Å²) in [5.41, 5.74) is 2.26. The van der Waals surface area contributed by atoms with Crippen molar-refractivity contribution in [3.05, 3.63) is 58.5 Å². The van der Waals surface area contributed by atoms with Gasteiger partial charge in [0.05, 0.1) is 11.3 Å². The number of benzene rings is 2. The normalized spacial score (nSPS) is 16.5. The third-order valence-electron chi connectivity index (χ3n) is 3.88. The number of carboxylic acid groups (broad SMARTS) is 1. The van der Waals surface area contributed by atoms with Gasteiger partial charge in [-0.25, -0.2) is 0 Å². The summed E-state index contributed by atoms with van der Waals surface area (Å²) in [6.45, 7) is 0.200. The molecule has 2 aliphatic rings. The summed E-state index contributed by atoms with van der Waals surface area (Å²) in [4.78, 5) is 27.4. The number of anilines is 1. The van der Waals surface area contributed by atoms with Crippen LogP contribution in [-0.4, -0.2) is 28.9 Å². The smallest absolute Gasteiger partial charge is 0.307 e. The molecule has 27 heavy (non-hydrogen) atoms. The number of amides is 1. The molecule has 1 amide bonds. The maximum Gasteiger partial charge on any atom is 0.307 e. The highest BCUT2D eigenvalue weighted by Crippen LogP contribution is 2.35. The largest absolute Gasteiger partial charge is 0.481 e. The molecule has 2 aromatic carbocycles. The second kappa shape index (κ2) is 7.16. The molecular weight excluding hydrogens is 368 g/mol. The van der Waals surface area contributed by atoms with Crippen molar-refractivity contribution in [2.24, 2.45) is 4.99 Å². The molecule has 2 aromatic rings. The van der Waals surface area contributed by atoms with Crippen LogP contribution in [0, 0.1) is 0 Å². The van der Waals surface area contributed by atoms with E-state index in [1.54, 1.807) is 36.4 Å². The maximum atomic E-state index is 12.2. The summed E-state index contributed by atoms with van der Waals surface area (Å²) < 4.78 is 10.6. The summed E-state index contributed by atoms with van der Waals surface area (Å²) >= 11 is 1.24. The van der Waals surface area contributed by atoms with E-state index in [0.717, 1.165) is 11.3 Å². The lowest BCUT2D eigenvalue weighted by molar-refractivity contribution is -0.136. The summed E-state index contributed by atoms with van der Waals surface area (Å²) in [6, 6.07) is 12.4. The quantitative estimate of drug-likeness (QED) is 0.784. The predicted molar refractivity (Wildman–Crippen MR) is 102 cm³/mol. The third kappa shape index (κ3) is 3.95. The Morgan fingerprint density at radius 3 is 2.74 bits per heavy atom. The van der Waals surface area contributed by atoms with E-state index in [1.165, 1.54) is 11.8 Å². The van der Waals surface area contributed by atoms with Gasteiger partial charge in [0, 0.05) is 5.69 Å². The average molecular weight is 382 g/mol. The van der Waals surface area contributed by atoms with Crippen LogP contribution in [0.25, 0.3) is 6.08 Å². The number of nitrogens with zero attached hydrogens (tertiary/aromatic N) is 1. The van der Waals surface area contributed by atoms with Gasteiger partial charge in [0.2, 0.25) is 6.79 Å². The van der Waals surface area contributed by atoms with E-state index in [0.29, 0.717) is 27.1 Å². The molecule has 136 valence electrons. The molecule has 0 aliphatic carbocycles. The molecule has 7 nitrogen and oxygen atoms in total. The van der Waals surface area contributed by atoms with Gasteiger partial charge >= 0.3 is 5.97 Å². The molecule has 0 spiro atoms. The van der Waals surface area contributed by atoms with Gasteiger partial charge in [0.25, 0.3) is 5.91 Å². The van der Waals surface area contributed by atoms with E-state index >= 15 is 0 Å². The number of carbonyl (C=O) groups is 2. The highest BCUT2D eigenvalue weighted by molar-refractivity contribution is 8.18. The lowest BCUT2D eigenvalue weighted by Crippen LogP contribution is -2.05. The van der Waals surface area contributed by atoms with Crippen LogP contribution >= 0.6 is 11.8 Å². The molecule has 0 fully saturated rings. The average Bonchev–Trinajstić information content (AvgIpc) is 3.22. The zero-order valence-electron chi connectivity index (χ0n) is 14.0. The molecule has 2 aliphatic heterocycles. The van der Waals surface area contributed by atoms with E-state index in [9.17, 15) is 9.59 Å². The van der Waals surface area contributed by atoms with Crippen LogP contribution < -0.4 is 14.8 Å². The monoisotopic (exact) mass is 382 g/mol. The van der Waals surface area contributed by atoms with Gasteiger partial charge in [-0.3, -0.25) is 9.59 Å². The third-order valence-corrected chi connectivity index (χ3v) is 4.77. The highest BCUT2D eigenvalue weighted by atomic mass is 32.2. The van der Waals surface area contributed by atoms with Crippen LogP contribution in [0.1, 0.15) is 11.1 Å². The first-order chi connectivity index (χ1) is 13.1. The fourth-order valence-electron chi connectivity index (χ4n) is 2.62. The Labute approximate surface area is 158 Å². The Hall–Kier alpha value is -3.26. The highest BCUT2D eigenvalue weighted by Gasteiger charge is 2.22. The molecule has 0 atom stereocenters. The van der Waals surface area contributed by atoms with Gasteiger partial charge in [-0.15, -0.1) is 0 Å². The Morgan fingerprint density at radius 2 is 1.96 bits per heavy atom. The first-order valence-electron chi connectivity index (χ1n) is 8.07. The first-order valence-corrected chi connectivity index (χ1v) is 8.88. The van der Waals surface area contributed by atoms with Gasteiger partial charge < -0.3 is 19.9 Å². The fraction of sp³-hybridized carbons (Fsp3) is 0.105. The summed E-state index contributed by atoms with van der Waals surface area (Å²) in [5, 5.41) is 12.3. The zero-order valence-corrected chi connectivity index (χ0v) is 14.8. The molecule has 0 aromatic heterocycles. The van der Waals surface area contributed by atoms with E-state index in [4.69, 9.17) is 14.6 Å². The summed E-state index contributed by atoms with van der Waals surface area (Å²) in [5.74, 6) is 0.144. The molecule has 0 unspecified atom stereocenters. The van der Waals surface area contributed by atoms with Crippen molar-refractivity contribution >= 4 is 40.6 Å². The van der Waals surface area contributed by atoms with E-state index in [2.05, 4.69) is 10.3 Å². The number of hydrogen-bond donors (Lipinski definition) is 2. The fourth-order valence-corrected chi connectivity index (χ4v) is 3.45. The summed E-state index contributed by atoms with van der Waals surface area (Å²) in [7, 11) is 0. The lowest BCUT2D eigenvalue weighted by atomic mass is 10.1. The van der Waals surface area contributed by atoms with E-state index in [1.807, 2.05) is 12.1 Å². The van der Waals surface area contributed by atoms with Crippen molar-refractivity contribution in [2.75, 3.05) is 12.1 Å². The molecule has 0 bridgehead atoms. The molecule has 2 N–H and O–H groups in total. The Kier molecular flexibility index (Phi) is 4.55. The molecule has 0 radical (unpaired) electrons.